The number of aryl methyl sites for hydroxylation is 1. The Morgan fingerprint density at radius 3 is 2.42 bits per heavy atom. The zero-order chi connectivity index (χ0) is 22.3. The van der Waals surface area contributed by atoms with Crippen LogP contribution in [0.1, 0.15) is 49.3 Å². The van der Waals surface area contributed by atoms with Crippen LogP contribution in [-0.4, -0.2) is 30.3 Å². The molecule has 5 nitrogen and oxygen atoms in total. The molecule has 0 spiro atoms. The summed E-state index contributed by atoms with van der Waals surface area (Å²) in [5, 5.41) is 0.514. The third-order valence-electron chi connectivity index (χ3n) is 5.70. The highest BCUT2D eigenvalue weighted by Gasteiger charge is 2.47. The Kier molecular flexibility index (Phi) is 8.10. The molecular weight excluding hydrogens is 416 g/mol. The molecule has 0 heterocycles. The lowest BCUT2D eigenvalue weighted by atomic mass is 9.83. The molecule has 166 valence electrons. The summed E-state index contributed by atoms with van der Waals surface area (Å²) in [5.74, 6) is -0.964. The molecule has 31 heavy (non-hydrogen) atoms. The molecule has 0 saturated heterocycles. The van der Waals surface area contributed by atoms with Crippen LogP contribution in [0.5, 0.6) is 0 Å². The first kappa shape index (κ1) is 23.3. The Morgan fingerprint density at radius 2 is 1.77 bits per heavy atom. The number of halogens is 1. The fraction of sp³-hybridized carbons (Fsp3) is 0.440. The van der Waals surface area contributed by atoms with Crippen molar-refractivity contribution in [3.8, 4) is 0 Å². The number of hydrogen-bond acceptors (Lipinski definition) is 5. The molecule has 2 aromatic rings. The lowest BCUT2D eigenvalue weighted by Crippen LogP contribution is -2.48. The van der Waals surface area contributed by atoms with Crippen LogP contribution in [0.3, 0.4) is 0 Å². The van der Waals surface area contributed by atoms with Crippen molar-refractivity contribution in [1.82, 2.24) is 0 Å². The third-order valence-corrected chi connectivity index (χ3v) is 6.05. The first-order chi connectivity index (χ1) is 14.9. The third kappa shape index (κ3) is 6.08. The molecule has 0 aromatic heterocycles. The van der Waals surface area contributed by atoms with E-state index in [9.17, 15) is 9.59 Å². The Balaban J connectivity index is 1.63. The van der Waals surface area contributed by atoms with Gasteiger partial charge in [-0.05, 0) is 49.4 Å². The highest BCUT2D eigenvalue weighted by atomic mass is 35.5. The molecule has 0 bridgehead atoms. The van der Waals surface area contributed by atoms with E-state index in [1.54, 1.807) is 13.0 Å². The second-order valence-electron chi connectivity index (χ2n) is 7.90. The summed E-state index contributed by atoms with van der Waals surface area (Å²) in [6.45, 7) is 4.39. The summed E-state index contributed by atoms with van der Waals surface area (Å²) in [4.78, 5) is 25.5. The highest BCUT2D eigenvalue weighted by molar-refractivity contribution is 6.31. The second kappa shape index (κ2) is 10.8. The highest BCUT2D eigenvalue weighted by Crippen LogP contribution is 2.35. The van der Waals surface area contributed by atoms with Gasteiger partial charge < -0.3 is 14.2 Å². The predicted octanol–water partition coefficient (Wildman–Crippen LogP) is 5.20. The molecule has 3 rings (SSSR count). The van der Waals surface area contributed by atoms with Crippen molar-refractivity contribution in [2.45, 2.75) is 64.3 Å². The summed E-state index contributed by atoms with van der Waals surface area (Å²) in [6, 6.07) is 15.4. The minimum absolute atomic E-state index is 0.00673. The number of hydrogen-bond donors (Lipinski definition) is 0. The smallest absolute Gasteiger partial charge is 0.350 e. The van der Waals surface area contributed by atoms with E-state index >= 15 is 0 Å². The van der Waals surface area contributed by atoms with Crippen LogP contribution in [0.15, 0.2) is 48.5 Å². The minimum Gasteiger partial charge on any atom is -0.463 e. The largest absolute Gasteiger partial charge is 0.463 e. The molecule has 2 aromatic carbocycles. The standard InChI is InChI=1S/C25H29ClO5/c1-3-29-24(28)25(31-23(27)16-21-18(2)8-7-11-22(21)26)14-12-20(13-15-25)30-17-19-9-5-4-6-10-19/h4-11,20H,3,12-17H2,1-2H3. The first-order valence-corrected chi connectivity index (χ1v) is 11.1. The van der Waals surface area contributed by atoms with Gasteiger partial charge in [-0.2, -0.15) is 0 Å². The normalized spacial score (nSPS) is 20.8. The molecule has 0 atom stereocenters. The van der Waals surface area contributed by atoms with E-state index in [2.05, 4.69) is 0 Å². The SMILES string of the molecule is CCOC(=O)C1(OC(=O)Cc2c(C)cccc2Cl)CCC(OCc2ccccc2)CC1. The van der Waals surface area contributed by atoms with Crippen LogP contribution in [0.4, 0.5) is 0 Å². The maximum Gasteiger partial charge on any atom is 0.350 e. The van der Waals surface area contributed by atoms with Gasteiger partial charge in [-0.1, -0.05) is 54.1 Å². The molecule has 0 N–H and O–H groups in total. The topological polar surface area (TPSA) is 61.8 Å². The number of carbonyl (C=O) groups is 2. The van der Waals surface area contributed by atoms with Crippen LogP contribution in [0, 0.1) is 6.92 Å². The molecular formula is C25H29ClO5. The van der Waals surface area contributed by atoms with E-state index < -0.39 is 17.5 Å². The van der Waals surface area contributed by atoms with Crippen molar-refractivity contribution in [3.05, 3.63) is 70.2 Å². The lowest BCUT2D eigenvalue weighted by Gasteiger charge is -2.37. The van der Waals surface area contributed by atoms with Gasteiger partial charge in [-0.15, -0.1) is 0 Å². The quantitative estimate of drug-likeness (QED) is 0.524. The fourth-order valence-corrected chi connectivity index (χ4v) is 4.20. The second-order valence-corrected chi connectivity index (χ2v) is 8.30. The van der Waals surface area contributed by atoms with Gasteiger partial charge >= 0.3 is 11.9 Å². The maximum absolute atomic E-state index is 12.8. The summed E-state index contributed by atoms with van der Waals surface area (Å²) in [5.41, 5.74) is 1.46. The van der Waals surface area contributed by atoms with E-state index in [1.807, 2.05) is 49.4 Å². The average Bonchev–Trinajstić information content (AvgIpc) is 2.77. The van der Waals surface area contributed by atoms with Crippen LogP contribution in [-0.2, 0) is 36.8 Å². The van der Waals surface area contributed by atoms with Crippen molar-refractivity contribution in [3.63, 3.8) is 0 Å². The Bertz CT molecular complexity index is 868. The van der Waals surface area contributed by atoms with Crippen molar-refractivity contribution >= 4 is 23.5 Å². The van der Waals surface area contributed by atoms with Gasteiger partial charge in [0, 0.05) is 17.9 Å². The maximum atomic E-state index is 12.8. The zero-order valence-corrected chi connectivity index (χ0v) is 18.8. The van der Waals surface area contributed by atoms with E-state index in [4.69, 9.17) is 25.8 Å². The molecule has 1 fully saturated rings. The van der Waals surface area contributed by atoms with Gasteiger partial charge in [0.25, 0.3) is 0 Å². The number of benzene rings is 2. The van der Waals surface area contributed by atoms with Gasteiger partial charge in [0.15, 0.2) is 0 Å². The van der Waals surface area contributed by atoms with E-state index in [-0.39, 0.29) is 19.1 Å². The van der Waals surface area contributed by atoms with Crippen LogP contribution < -0.4 is 0 Å². The monoisotopic (exact) mass is 444 g/mol. The van der Waals surface area contributed by atoms with Crippen molar-refractivity contribution in [1.29, 1.82) is 0 Å². The molecule has 0 unspecified atom stereocenters. The lowest BCUT2D eigenvalue weighted by molar-refractivity contribution is -0.189. The molecule has 1 saturated carbocycles. The number of esters is 2. The van der Waals surface area contributed by atoms with Crippen molar-refractivity contribution < 1.29 is 23.8 Å². The molecule has 0 aliphatic heterocycles. The van der Waals surface area contributed by atoms with Crippen LogP contribution in [0.2, 0.25) is 5.02 Å². The summed E-state index contributed by atoms with van der Waals surface area (Å²) in [7, 11) is 0. The van der Waals surface area contributed by atoms with Crippen molar-refractivity contribution in [2.24, 2.45) is 0 Å². The van der Waals surface area contributed by atoms with Gasteiger partial charge in [0.05, 0.1) is 25.7 Å². The molecule has 1 aliphatic carbocycles. The van der Waals surface area contributed by atoms with E-state index in [0.717, 1.165) is 11.1 Å². The first-order valence-electron chi connectivity index (χ1n) is 10.7. The Hall–Kier alpha value is -2.37. The molecule has 6 heteroatoms. The predicted molar refractivity (Wildman–Crippen MR) is 119 cm³/mol. The Labute approximate surface area is 188 Å². The minimum atomic E-state index is -1.27. The van der Waals surface area contributed by atoms with E-state index in [1.165, 1.54) is 0 Å². The number of rotatable bonds is 8. The average molecular weight is 445 g/mol. The van der Waals surface area contributed by atoms with Gasteiger partial charge in [-0.3, -0.25) is 4.79 Å². The van der Waals surface area contributed by atoms with Gasteiger partial charge in [0.2, 0.25) is 5.60 Å². The molecule has 0 amide bonds. The molecule has 1 aliphatic rings. The van der Waals surface area contributed by atoms with Gasteiger partial charge in [-0.25, -0.2) is 4.79 Å². The summed E-state index contributed by atoms with van der Waals surface area (Å²) in [6.07, 6.45) is 2.00. The fourth-order valence-electron chi connectivity index (χ4n) is 3.91. The van der Waals surface area contributed by atoms with Crippen LogP contribution >= 0.6 is 11.6 Å². The number of carbonyl (C=O) groups excluding carboxylic acids is 2. The number of ether oxygens (including phenoxy) is 3. The summed E-state index contributed by atoms with van der Waals surface area (Å²) >= 11 is 6.25. The zero-order valence-electron chi connectivity index (χ0n) is 18.1. The van der Waals surface area contributed by atoms with Gasteiger partial charge in [0.1, 0.15) is 0 Å². The summed E-state index contributed by atoms with van der Waals surface area (Å²) < 4.78 is 17.1. The van der Waals surface area contributed by atoms with Crippen LogP contribution in [0.25, 0.3) is 0 Å². The Morgan fingerprint density at radius 1 is 1.06 bits per heavy atom. The molecule has 0 radical (unpaired) electrons. The van der Waals surface area contributed by atoms with E-state index in [0.29, 0.717) is 42.9 Å². The van der Waals surface area contributed by atoms with Crippen molar-refractivity contribution in [2.75, 3.05) is 6.61 Å².